The molecule has 12 heteroatoms. The summed E-state index contributed by atoms with van der Waals surface area (Å²) >= 11 is 10.6. The number of carbonyl (C=O) groups is 4. The van der Waals surface area contributed by atoms with Gasteiger partial charge in [0.1, 0.15) is 0 Å². The third kappa shape index (κ3) is 17.9. The van der Waals surface area contributed by atoms with Gasteiger partial charge in [0.05, 0.1) is 23.2 Å². The van der Waals surface area contributed by atoms with E-state index in [9.17, 15) is 19.2 Å². The number of aromatic nitrogens is 2. The summed E-state index contributed by atoms with van der Waals surface area (Å²) in [5.41, 5.74) is 2.86. The molecule has 8 nitrogen and oxygen atoms in total. The normalized spacial score (nSPS) is 12.1. The van der Waals surface area contributed by atoms with Crippen LogP contribution in [0.15, 0.2) is 107 Å². The topological polar surface area (TPSA) is 118 Å². The fraction of sp³-hybridized carbons (Fsp3) is 0.409. The smallest absolute Gasteiger partial charge is 0.253 e. The first-order chi connectivity index (χ1) is 27.3. The van der Waals surface area contributed by atoms with Crippen LogP contribution in [0.5, 0.6) is 0 Å². The Hall–Kier alpha value is -3.32. The Morgan fingerprint density at radius 2 is 0.946 bits per heavy atom. The maximum absolute atomic E-state index is 13.2. The number of amides is 2. The Bertz CT molecular complexity index is 1670. The van der Waals surface area contributed by atoms with Crippen molar-refractivity contribution in [1.82, 2.24) is 20.6 Å². The fourth-order valence-electron chi connectivity index (χ4n) is 6.13. The Kier molecular flexibility index (Phi) is 21.5. The Labute approximate surface area is 357 Å². The number of nitrogens with one attached hydrogen (secondary N) is 2. The van der Waals surface area contributed by atoms with Crippen LogP contribution in [0.4, 0.5) is 0 Å². The van der Waals surface area contributed by atoms with E-state index >= 15 is 0 Å². The summed E-state index contributed by atoms with van der Waals surface area (Å²) in [7, 11) is 0. The predicted molar refractivity (Wildman–Crippen MR) is 238 cm³/mol. The highest BCUT2D eigenvalue weighted by molar-refractivity contribution is 9.10. The van der Waals surface area contributed by atoms with Crippen LogP contribution in [0.3, 0.4) is 0 Å². The summed E-state index contributed by atoms with van der Waals surface area (Å²) in [4.78, 5) is 60.2. The fourth-order valence-corrected chi connectivity index (χ4v) is 8.94. The van der Waals surface area contributed by atoms with Crippen molar-refractivity contribution in [2.24, 2.45) is 0 Å². The van der Waals surface area contributed by atoms with Gasteiger partial charge in [-0.2, -0.15) is 23.5 Å². The molecular weight excluding hydrogens is 872 g/mol. The lowest BCUT2D eigenvalue weighted by molar-refractivity contribution is -0.121. The second-order valence-corrected chi connectivity index (χ2v) is 18.0. The van der Waals surface area contributed by atoms with Gasteiger partial charge < -0.3 is 10.6 Å². The lowest BCUT2D eigenvalue weighted by Gasteiger charge is -2.18. The molecule has 0 fully saturated rings. The van der Waals surface area contributed by atoms with Crippen LogP contribution >= 0.6 is 55.4 Å². The highest BCUT2D eigenvalue weighted by atomic mass is 79.9. The molecule has 2 N–H and O–H groups in total. The van der Waals surface area contributed by atoms with Crippen molar-refractivity contribution in [2.75, 3.05) is 23.0 Å². The van der Waals surface area contributed by atoms with Crippen LogP contribution in [0, 0.1) is 0 Å². The maximum Gasteiger partial charge on any atom is 0.253 e. The largest absolute Gasteiger partial charge is 0.342 e. The van der Waals surface area contributed by atoms with Gasteiger partial charge in [-0.25, -0.2) is 0 Å². The van der Waals surface area contributed by atoms with Crippen LogP contribution in [0.2, 0.25) is 0 Å². The van der Waals surface area contributed by atoms with Crippen LogP contribution in [-0.4, -0.2) is 68.4 Å². The van der Waals surface area contributed by atoms with E-state index in [1.54, 1.807) is 36.7 Å². The monoisotopic (exact) mass is 922 g/mol. The number of thioether (sulfide) groups is 2. The minimum absolute atomic E-state index is 0.0466. The predicted octanol–water partition coefficient (Wildman–Crippen LogP) is 9.89. The van der Waals surface area contributed by atoms with Crippen molar-refractivity contribution < 1.29 is 19.2 Å². The van der Waals surface area contributed by atoms with E-state index in [-0.39, 0.29) is 23.4 Å². The van der Waals surface area contributed by atoms with Crippen molar-refractivity contribution in [3.63, 3.8) is 0 Å². The quantitative estimate of drug-likeness (QED) is 0.0568. The molecule has 0 radical (unpaired) electrons. The molecular formula is C44H52Br2N4O4S2. The highest BCUT2D eigenvalue weighted by Crippen LogP contribution is 2.18. The minimum Gasteiger partial charge on any atom is -0.342 e. The van der Waals surface area contributed by atoms with Crippen LogP contribution in [0.25, 0.3) is 0 Å². The molecule has 0 saturated heterocycles. The molecule has 4 aromatic rings. The van der Waals surface area contributed by atoms with Crippen LogP contribution in [-0.2, 0) is 22.4 Å². The molecule has 0 spiro atoms. The SMILES string of the molecule is O=C(NC(Cc1cccc(Br)c1)C(=O)CCSCCCCCCCCCCSCCC(=O)C(Cc1cccc(Br)c1)NC(=O)c1cccnc1)c1cccnc1. The molecule has 2 heterocycles. The number of ketones is 2. The number of pyridine rings is 2. The zero-order chi connectivity index (χ0) is 39.8. The summed E-state index contributed by atoms with van der Waals surface area (Å²) in [6.45, 7) is 0. The first kappa shape index (κ1) is 45.4. The van der Waals surface area contributed by atoms with E-state index in [1.165, 1.54) is 50.9 Å². The Balaban J connectivity index is 1.02. The Morgan fingerprint density at radius 3 is 1.32 bits per heavy atom. The highest BCUT2D eigenvalue weighted by Gasteiger charge is 2.23. The molecule has 0 aliphatic heterocycles. The number of unbranched alkanes of at least 4 members (excludes halogenated alkanes) is 7. The van der Waals surface area contributed by atoms with Crippen molar-refractivity contribution in [1.29, 1.82) is 0 Å². The Morgan fingerprint density at radius 1 is 0.536 bits per heavy atom. The van der Waals surface area contributed by atoms with Crippen molar-refractivity contribution in [3.8, 4) is 0 Å². The summed E-state index contributed by atoms with van der Waals surface area (Å²) in [5.74, 6) is 3.09. The first-order valence-corrected chi connectivity index (χ1v) is 23.3. The second kappa shape index (κ2) is 26.6. The van der Waals surface area contributed by atoms with Crippen LogP contribution < -0.4 is 10.6 Å². The van der Waals surface area contributed by atoms with E-state index in [4.69, 9.17) is 0 Å². The van der Waals surface area contributed by atoms with E-state index in [0.717, 1.165) is 55.9 Å². The number of nitrogens with zero attached hydrogens (tertiary/aromatic N) is 2. The van der Waals surface area contributed by atoms with Crippen molar-refractivity contribution in [2.45, 2.75) is 89.1 Å². The average molecular weight is 925 g/mol. The number of hydrogen-bond donors (Lipinski definition) is 2. The van der Waals surface area contributed by atoms with E-state index in [2.05, 4.69) is 52.5 Å². The number of rotatable bonds is 27. The van der Waals surface area contributed by atoms with Gasteiger partial charge in [-0.3, -0.25) is 29.1 Å². The minimum atomic E-state index is -0.592. The van der Waals surface area contributed by atoms with E-state index < -0.39 is 12.1 Å². The first-order valence-electron chi connectivity index (χ1n) is 19.4. The molecule has 2 amide bonds. The van der Waals surface area contributed by atoms with Gasteiger partial charge in [0.15, 0.2) is 11.6 Å². The summed E-state index contributed by atoms with van der Waals surface area (Å²) < 4.78 is 1.88. The number of hydrogen-bond acceptors (Lipinski definition) is 8. The molecule has 2 aromatic carbocycles. The molecule has 56 heavy (non-hydrogen) atoms. The molecule has 4 rings (SSSR count). The summed E-state index contributed by atoms with van der Waals surface area (Å²) in [5, 5.41) is 5.90. The molecule has 2 atom stereocenters. The number of Topliss-reactive ketones (excluding diaryl/α,β-unsaturated/α-hetero) is 2. The van der Waals surface area contributed by atoms with Gasteiger partial charge in [-0.1, -0.05) is 94.7 Å². The zero-order valence-electron chi connectivity index (χ0n) is 31.8. The lowest BCUT2D eigenvalue weighted by atomic mass is 10.0. The lowest BCUT2D eigenvalue weighted by Crippen LogP contribution is -2.42. The third-order valence-corrected chi connectivity index (χ3v) is 12.3. The van der Waals surface area contributed by atoms with Crippen LogP contribution in [0.1, 0.15) is 96.1 Å². The van der Waals surface area contributed by atoms with Gasteiger partial charge in [0.2, 0.25) is 0 Å². The van der Waals surface area contributed by atoms with Gasteiger partial charge in [-0.05, 0) is 96.8 Å². The number of benzene rings is 2. The molecule has 0 saturated carbocycles. The second-order valence-electron chi connectivity index (χ2n) is 13.7. The van der Waals surface area contributed by atoms with Gasteiger partial charge in [0.25, 0.3) is 11.8 Å². The number of carbonyl (C=O) groups excluding carboxylic acids is 4. The third-order valence-electron chi connectivity index (χ3n) is 9.21. The summed E-state index contributed by atoms with van der Waals surface area (Å²) in [6.07, 6.45) is 17.6. The standard InChI is InChI=1S/C44H52Br2N4O4S2/c45-37-17-9-13-33(27-37)29-39(49-43(53)35-15-11-21-47-31-35)41(51)19-25-55-23-7-5-3-1-2-4-6-8-24-56-26-20-42(52)40(30-34-14-10-18-38(46)28-34)50-44(54)36-16-12-22-48-32-36/h9-18,21-22,27-28,31-32,39-40H,1-8,19-20,23-26,29-30H2,(H,49,53)(H,50,54). The number of halogens is 2. The average Bonchev–Trinajstić information content (AvgIpc) is 3.20. The zero-order valence-corrected chi connectivity index (χ0v) is 36.6. The van der Waals surface area contributed by atoms with Gasteiger partial charge in [-0.15, -0.1) is 0 Å². The molecule has 0 aliphatic rings. The van der Waals surface area contributed by atoms with Crippen molar-refractivity contribution in [3.05, 3.63) is 129 Å². The molecule has 2 unspecified atom stereocenters. The molecule has 298 valence electrons. The van der Waals surface area contributed by atoms with Crippen molar-refractivity contribution >= 4 is 78.8 Å². The van der Waals surface area contributed by atoms with E-state index in [1.807, 2.05) is 72.1 Å². The van der Waals surface area contributed by atoms with E-state index in [0.29, 0.717) is 36.8 Å². The van der Waals surface area contributed by atoms with Gasteiger partial charge >= 0.3 is 0 Å². The molecule has 0 aliphatic carbocycles. The molecule has 0 bridgehead atoms. The van der Waals surface area contributed by atoms with Gasteiger partial charge in [0, 0.05) is 58.1 Å². The summed E-state index contributed by atoms with van der Waals surface area (Å²) in [6, 6.07) is 21.3. The molecule has 2 aromatic heterocycles. The maximum atomic E-state index is 13.2.